The highest BCUT2D eigenvalue weighted by Crippen LogP contribution is 2.13. The standard InChI is InChI=1S/C17H29N3O.HI/c1-5-20(6-2)17(18)19-12-11-15-7-9-16(10-8-15)21-13-14(3)4;/h7-10,14H,5-6,11-13H2,1-4H3,(H2,18,19);1H. The fraction of sp³-hybridized carbons (Fsp3) is 0.588. The summed E-state index contributed by atoms with van der Waals surface area (Å²) in [6, 6.07) is 8.24. The van der Waals surface area contributed by atoms with Gasteiger partial charge < -0.3 is 15.4 Å². The first kappa shape index (κ1) is 21.0. The number of hydrogen-bond acceptors (Lipinski definition) is 2. The van der Waals surface area contributed by atoms with Gasteiger partial charge in [0.1, 0.15) is 5.75 Å². The molecule has 0 saturated heterocycles. The molecule has 0 heterocycles. The van der Waals surface area contributed by atoms with Gasteiger partial charge in [-0.15, -0.1) is 24.0 Å². The van der Waals surface area contributed by atoms with Crippen LogP contribution in [0.25, 0.3) is 0 Å². The second-order valence-electron chi connectivity index (χ2n) is 5.51. The van der Waals surface area contributed by atoms with Crippen LogP contribution >= 0.6 is 24.0 Å². The summed E-state index contributed by atoms with van der Waals surface area (Å²) < 4.78 is 5.67. The molecule has 4 nitrogen and oxygen atoms in total. The lowest BCUT2D eigenvalue weighted by molar-refractivity contribution is 0.271. The summed E-state index contributed by atoms with van der Waals surface area (Å²) in [5.74, 6) is 2.11. The first-order valence-corrected chi connectivity index (χ1v) is 7.83. The second kappa shape index (κ2) is 11.6. The number of guanidine groups is 1. The third kappa shape index (κ3) is 7.87. The maximum absolute atomic E-state index is 5.95. The largest absolute Gasteiger partial charge is 0.493 e. The van der Waals surface area contributed by atoms with Gasteiger partial charge in [0.25, 0.3) is 0 Å². The fourth-order valence-corrected chi connectivity index (χ4v) is 1.96. The normalized spacial score (nSPS) is 11.2. The highest BCUT2D eigenvalue weighted by Gasteiger charge is 2.02. The molecule has 0 atom stereocenters. The van der Waals surface area contributed by atoms with E-state index in [1.165, 1.54) is 5.56 Å². The van der Waals surface area contributed by atoms with Crippen LogP contribution in [0.3, 0.4) is 0 Å². The molecule has 0 aromatic heterocycles. The van der Waals surface area contributed by atoms with Crippen molar-refractivity contribution in [2.24, 2.45) is 16.6 Å². The summed E-state index contributed by atoms with van der Waals surface area (Å²) in [6.45, 7) is 11.7. The van der Waals surface area contributed by atoms with Crippen LogP contribution in [-0.2, 0) is 6.42 Å². The van der Waals surface area contributed by atoms with E-state index in [4.69, 9.17) is 10.5 Å². The second-order valence-corrected chi connectivity index (χ2v) is 5.51. The number of halogens is 1. The average molecular weight is 419 g/mol. The van der Waals surface area contributed by atoms with E-state index in [1.807, 2.05) is 12.1 Å². The highest BCUT2D eigenvalue weighted by molar-refractivity contribution is 14.0. The molecular weight excluding hydrogens is 389 g/mol. The Labute approximate surface area is 152 Å². The number of rotatable bonds is 8. The van der Waals surface area contributed by atoms with Crippen LogP contribution < -0.4 is 10.5 Å². The Morgan fingerprint density at radius 3 is 2.27 bits per heavy atom. The molecule has 0 bridgehead atoms. The summed E-state index contributed by atoms with van der Waals surface area (Å²) in [5.41, 5.74) is 7.20. The Hall–Kier alpha value is -0.980. The van der Waals surface area contributed by atoms with E-state index in [0.717, 1.165) is 31.9 Å². The molecule has 0 aliphatic rings. The molecule has 0 radical (unpaired) electrons. The van der Waals surface area contributed by atoms with Gasteiger partial charge in [0.05, 0.1) is 6.61 Å². The molecule has 0 saturated carbocycles. The van der Waals surface area contributed by atoms with Gasteiger partial charge in [-0.2, -0.15) is 0 Å². The Morgan fingerprint density at radius 1 is 1.18 bits per heavy atom. The molecule has 0 amide bonds. The van der Waals surface area contributed by atoms with E-state index >= 15 is 0 Å². The topological polar surface area (TPSA) is 50.8 Å². The lowest BCUT2D eigenvalue weighted by Crippen LogP contribution is -2.37. The summed E-state index contributed by atoms with van der Waals surface area (Å²) >= 11 is 0. The van der Waals surface area contributed by atoms with Crippen molar-refractivity contribution in [3.63, 3.8) is 0 Å². The average Bonchev–Trinajstić information content (AvgIpc) is 2.47. The van der Waals surface area contributed by atoms with Crippen molar-refractivity contribution in [1.82, 2.24) is 4.90 Å². The van der Waals surface area contributed by atoms with Gasteiger partial charge in [-0.05, 0) is 43.9 Å². The van der Waals surface area contributed by atoms with Gasteiger partial charge >= 0.3 is 0 Å². The number of hydrogen-bond donors (Lipinski definition) is 1. The third-order valence-corrected chi connectivity index (χ3v) is 3.27. The van der Waals surface area contributed by atoms with E-state index in [9.17, 15) is 0 Å². The van der Waals surface area contributed by atoms with E-state index in [-0.39, 0.29) is 24.0 Å². The Balaban J connectivity index is 0.00000441. The van der Waals surface area contributed by atoms with Crippen LogP contribution in [0, 0.1) is 5.92 Å². The molecule has 5 heteroatoms. The molecule has 0 spiro atoms. The Morgan fingerprint density at radius 2 is 1.77 bits per heavy atom. The van der Waals surface area contributed by atoms with Crippen molar-refractivity contribution in [2.75, 3.05) is 26.2 Å². The van der Waals surface area contributed by atoms with Gasteiger partial charge in [-0.3, -0.25) is 4.99 Å². The van der Waals surface area contributed by atoms with Crippen molar-refractivity contribution in [3.8, 4) is 5.75 Å². The number of nitrogens with zero attached hydrogens (tertiary/aromatic N) is 2. The number of benzene rings is 1. The molecule has 1 rings (SSSR count). The van der Waals surface area contributed by atoms with Crippen molar-refractivity contribution < 1.29 is 4.74 Å². The first-order valence-electron chi connectivity index (χ1n) is 7.83. The number of aliphatic imine (C=N–C) groups is 1. The summed E-state index contributed by atoms with van der Waals surface area (Å²) in [4.78, 5) is 6.49. The minimum atomic E-state index is 0. The molecule has 0 fully saturated rings. The predicted octanol–water partition coefficient (Wildman–Crippen LogP) is 3.54. The number of ether oxygens (including phenoxy) is 1. The maximum Gasteiger partial charge on any atom is 0.191 e. The molecule has 0 aliphatic heterocycles. The molecule has 0 unspecified atom stereocenters. The molecular formula is C17H30IN3O. The van der Waals surface area contributed by atoms with Crippen LogP contribution in [0.15, 0.2) is 29.3 Å². The molecule has 0 aliphatic carbocycles. The Bertz CT molecular complexity index is 428. The van der Waals surface area contributed by atoms with E-state index in [2.05, 4.69) is 49.7 Å². The molecule has 1 aromatic rings. The Kier molecular flexibility index (Phi) is 11.1. The summed E-state index contributed by atoms with van der Waals surface area (Å²) in [5, 5.41) is 0. The van der Waals surface area contributed by atoms with Gasteiger partial charge in [0.15, 0.2) is 5.96 Å². The van der Waals surface area contributed by atoms with Gasteiger partial charge in [0, 0.05) is 19.6 Å². The van der Waals surface area contributed by atoms with Crippen LogP contribution in [-0.4, -0.2) is 37.1 Å². The number of nitrogens with two attached hydrogens (primary N) is 1. The summed E-state index contributed by atoms with van der Waals surface area (Å²) in [7, 11) is 0. The van der Waals surface area contributed by atoms with E-state index in [1.54, 1.807) is 0 Å². The zero-order valence-electron chi connectivity index (χ0n) is 14.2. The van der Waals surface area contributed by atoms with Gasteiger partial charge in [0.2, 0.25) is 0 Å². The lowest BCUT2D eigenvalue weighted by Gasteiger charge is -2.19. The third-order valence-electron chi connectivity index (χ3n) is 3.27. The fourth-order valence-electron chi connectivity index (χ4n) is 1.96. The van der Waals surface area contributed by atoms with Crippen LogP contribution in [0.2, 0.25) is 0 Å². The van der Waals surface area contributed by atoms with Crippen LogP contribution in [0.4, 0.5) is 0 Å². The van der Waals surface area contributed by atoms with Crippen LogP contribution in [0.1, 0.15) is 33.3 Å². The quantitative estimate of drug-likeness (QED) is 0.399. The zero-order chi connectivity index (χ0) is 15.7. The van der Waals surface area contributed by atoms with Crippen molar-refractivity contribution in [1.29, 1.82) is 0 Å². The van der Waals surface area contributed by atoms with Crippen LogP contribution in [0.5, 0.6) is 5.75 Å². The van der Waals surface area contributed by atoms with Crippen molar-refractivity contribution >= 4 is 29.9 Å². The molecule has 1 aromatic carbocycles. The van der Waals surface area contributed by atoms with Crippen molar-refractivity contribution in [2.45, 2.75) is 34.1 Å². The zero-order valence-corrected chi connectivity index (χ0v) is 16.5. The summed E-state index contributed by atoms with van der Waals surface area (Å²) in [6.07, 6.45) is 0.895. The monoisotopic (exact) mass is 419 g/mol. The van der Waals surface area contributed by atoms with E-state index in [0.29, 0.717) is 18.4 Å². The first-order chi connectivity index (χ1) is 10.1. The minimum Gasteiger partial charge on any atom is -0.493 e. The lowest BCUT2D eigenvalue weighted by atomic mass is 10.1. The molecule has 2 N–H and O–H groups in total. The molecule has 126 valence electrons. The van der Waals surface area contributed by atoms with Gasteiger partial charge in [-0.1, -0.05) is 26.0 Å². The van der Waals surface area contributed by atoms with Crippen molar-refractivity contribution in [3.05, 3.63) is 29.8 Å². The smallest absolute Gasteiger partial charge is 0.191 e. The SMILES string of the molecule is CCN(CC)C(N)=NCCc1ccc(OCC(C)C)cc1.I. The molecule has 22 heavy (non-hydrogen) atoms. The van der Waals surface area contributed by atoms with E-state index < -0.39 is 0 Å². The van der Waals surface area contributed by atoms with Gasteiger partial charge in [-0.25, -0.2) is 0 Å². The maximum atomic E-state index is 5.95. The predicted molar refractivity (Wildman–Crippen MR) is 105 cm³/mol. The highest BCUT2D eigenvalue weighted by atomic mass is 127. The minimum absolute atomic E-state index is 0.